The summed E-state index contributed by atoms with van der Waals surface area (Å²) in [6.07, 6.45) is 0.503. The van der Waals surface area contributed by atoms with Crippen LogP contribution in [0.15, 0.2) is 24.3 Å². The van der Waals surface area contributed by atoms with Gasteiger partial charge in [-0.1, -0.05) is 12.1 Å². The van der Waals surface area contributed by atoms with Gasteiger partial charge < -0.3 is 10.6 Å². The van der Waals surface area contributed by atoms with Crippen molar-refractivity contribution in [2.24, 2.45) is 0 Å². The number of nitriles is 1. The number of amides is 2. The predicted octanol–water partition coefficient (Wildman–Crippen LogP) is 1.52. The summed E-state index contributed by atoms with van der Waals surface area (Å²) >= 11 is 0. The van der Waals surface area contributed by atoms with Crippen molar-refractivity contribution >= 4 is 11.8 Å². The molecule has 0 aromatic heterocycles. The summed E-state index contributed by atoms with van der Waals surface area (Å²) in [5, 5.41) is 14.2. The molecule has 2 amide bonds. The van der Waals surface area contributed by atoms with Crippen molar-refractivity contribution in [1.29, 1.82) is 5.26 Å². The first kappa shape index (κ1) is 16.7. The zero-order valence-electron chi connectivity index (χ0n) is 12.7. The molecule has 0 spiro atoms. The van der Waals surface area contributed by atoms with Crippen LogP contribution >= 0.6 is 0 Å². The van der Waals surface area contributed by atoms with Crippen molar-refractivity contribution < 1.29 is 9.59 Å². The average Bonchev–Trinajstić information content (AvgIpc) is 2.37. The molecule has 5 nitrogen and oxygen atoms in total. The van der Waals surface area contributed by atoms with Crippen LogP contribution in [0.2, 0.25) is 0 Å². The second-order valence-corrected chi connectivity index (χ2v) is 5.88. The highest BCUT2D eigenvalue weighted by molar-refractivity contribution is 5.80. The Labute approximate surface area is 125 Å². The van der Waals surface area contributed by atoms with Crippen LogP contribution in [0, 0.1) is 11.3 Å². The summed E-state index contributed by atoms with van der Waals surface area (Å²) in [6, 6.07) is 8.90. The third-order valence-electron chi connectivity index (χ3n) is 2.64. The molecule has 0 atom stereocenters. The summed E-state index contributed by atoms with van der Waals surface area (Å²) in [7, 11) is 0. The normalized spacial score (nSPS) is 10.6. The van der Waals surface area contributed by atoms with E-state index in [4.69, 9.17) is 5.26 Å². The van der Waals surface area contributed by atoms with E-state index < -0.39 is 0 Å². The fourth-order valence-electron chi connectivity index (χ4n) is 1.74. The highest BCUT2D eigenvalue weighted by Gasteiger charge is 2.13. The minimum Gasteiger partial charge on any atom is -0.355 e. The molecule has 0 bridgehead atoms. The molecule has 0 aliphatic heterocycles. The van der Waals surface area contributed by atoms with E-state index in [2.05, 4.69) is 10.6 Å². The molecule has 5 heteroatoms. The lowest BCUT2D eigenvalue weighted by atomic mass is 10.1. The third-order valence-corrected chi connectivity index (χ3v) is 2.64. The van der Waals surface area contributed by atoms with Gasteiger partial charge in [-0.25, -0.2) is 0 Å². The van der Waals surface area contributed by atoms with Crippen LogP contribution in [0.4, 0.5) is 0 Å². The number of nitrogens with one attached hydrogen (secondary N) is 2. The maximum atomic E-state index is 11.7. The molecular formula is C16H21N3O2. The van der Waals surface area contributed by atoms with Crippen LogP contribution in [0.1, 0.15) is 38.3 Å². The lowest BCUT2D eigenvalue weighted by Crippen LogP contribution is -2.42. The van der Waals surface area contributed by atoms with E-state index in [1.807, 2.05) is 26.8 Å². The topological polar surface area (TPSA) is 82.0 Å². The number of carbonyl (C=O) groups is 2. The Kier molecular flexibility index (Phi) is 5.92. The highest BCUT2D eigenvalue weighted by atomic mass is 16.2. The van der Waals surface area contributed by atoms with E-state index in [0.717, 1.165) is 5.56 Å². The first-order chi connectivity index (χ1) is 9.80. The average molecular weight is 287 g/mol. The van der Waals surface area contributed by atoms with E-state index in [0.29, 0.717) is 12.1 Å². The van der Waals surface area contributed by atoms with Crippen LogP contribution < -0.4 is 10.6 Å². The Bertz CT molecular complexity index is 536. The zero-order valence-corrected chi connectivity index (χ0v) is 12.7. The predicted molar refractivity (Wildman–Crippen MR) is 80.4 cm³/mol. The Morgan fingerprint density at radius 2 is 1.76 bits per heavy atom. The van der Waals surface area contributed by atoms with Crippen molar-refractivity contribution in [1.82, 2.24) is 10.6 Å². The number of hydrogen-bond donors (Lipinski definition) is 2. The van der Waals surface area contributed by atoms with E-state index in [-0.39, 0.29) is 30.2 Å². The molecule has 2 N–H and O–H groups in total. The SMILES string of the molecule is CC(C)(C)NC(=O)CCNC(=O)Cc1ccc(C#N)cc1. The number of hydrogen-bond acceptors (Lipinski definition) is 3. The molecule has 0 saturated heterocycles. The van der Waals surface area contributed by atoms with Crippen molar-refractivity contribution in [2.75, 3.05) is 6.54 Å². The van der Waals surface area contributed by atoms with Crippen molar-refractivity contribution in [2.45, 2.75) is 39.2 Å². The van der Waals surface area contributed by atoms with Gasteiger partial charge in [-0.05, 0) is 38.5 Å². The molecule has 112 valence electrons. The third kappa shape index (κ3) is 7.11. The fourth-order valence-corrected chi connectivity index (χ4v) is 1.74. The van der Waals surface area contributed by atoms with E-state index in [1.54, 1.807) is 24.3 Å². The smallest absolute Gasteiger partial charge is 0.224 e. The molecule has 0 aliphatic rings. The number of carbonyl (C=O) groups excluding carboxylic acids is 2. The van der Waals surface area contributed by atoms with Gasteiger partial charge in [-0.15, -0.1) is 0 Å². The van der Waals surface area contributed by atoms with Crippen molar-refractivity contribution in [3.63, 3.8) is 0 Å². The lowest BCUT2D eigenvalue weighted by Gasteiger charge is -2.20. The van der Waals surface area contributed by atoms with Gasteiger partial charge in [0.15, 0.2) is 0 Å². The van der Waals surface area contributed by atoms with Gasteiger partial charge in [0, 0.05) is 18.5 Å². The summed E-state index contributed by atoms with van der Waals surface area (Å²) in [6.45, 7) is 6.05. The van der Waals surface area contributed by atoms with Crippen molar-refractivity contribution in [3.05, 3.63) is 35.4 Å². The molecule has 1 aromatic carbocycles. The molecule has 0 radical (unpaired) electrons. The summed E-state index contributed by atoms with van der Waals surface area (Å²) in [5.41, 5.74) is 1.15. The first-order valence-corrected chi connectivity index (χ1v) is 6.87. The standard InChI is InChI=1S/C16H21N3O2/c1-16(2,3)19-14(20)8-9-18-15(21)10-12-4-6-13(11-17)7-5-12/h4-7H,8-10H2,1-3H3,(H,18,21)(H,19,20). The highest BCUT2D eigenvalue weighted by Crippen LogP contribution is 2.04. The quantitative estimate of drug-likeness (QED) is 0.861. The van der Waals surface area contributed by atoms with Crippen LogP contribution in [0.3, 0.4) is 0 Å². The molecule has 0 unspecified atom stereocenters. The second-order valence-electron chi connectivity index (χ2n) is 5.88. The Hall–Kier alpha value is -2.35. The monoisotopic (exact) mass is 287 g/mol. The van der Waals surface area contributed by atoms with E-state index >= 15 is 0 Å². The van der Waals surface area contributed by atoms with Gasteiger partial charge in [-0.2, -0.15) is 5.26 Å². The van der Waals surface area contributed by atoms with Gasteiger partial charge in [0.25, 0.3) is 0 Å². The molecule has 0 fully saturated rings. The molecular weight excluding hydrogens is 266 g/mol. The number of nitrogens with zero attached hydrogens (tertiary/aromatic N) is 1. The number of benzene rings is 1. The summed E-state index contributed by atoms with van der Waals surface area (Å²) in [5.74, 6) is -0.218. The summed E-state index contributed by atoms with van der Waals surface area (Å²) in [4.78, 5) is 23.3. The van der Waals surface area contributed by atoms with Crippen LogP contribution in [-0.2, 0) is 16.0 Å². The lowest BCUT2D eigenvalue weighted by molar-refractivity contribution is -0.123. The molecule has 1 rings (SSSR count). The molecule has 0 aliphatic carbocycles. The van der Waals surface area contributed by atoms with Crippen molar-refractivity contribution in [3.8, 4) is 6.07 Å². The maximum Gasteiger partial charge on any atom is 0.224 e. The van der Waals surface area contributed by atoms with Crippen LogP contribution in [-0.4, -0.2) is 23.9 Å². The Morgan fingerprint density at radius 3 is 2.29 bits per heavy atom. The summed E-state index contributed by atoms with van der Waals surface area (Å²) < 4.78 is 0. The van der Waals surface area contributed by atoms with E-state index in [9.17, 15) is 9.59 Å². The minimum atomic E-state index is -0.260. The van der Waals surface area contributed by atoms with Crippen LogP contribution in [0.5, 0.6) is 0 Å². The molecule has 21 heavy (non-hydrogen) atoms. The largest absolute Gasteiger partial charge is 0.355 e. The first-order valence-electron chi connectivity index (χ1n) is 6.87. The second kappa shape index (κ2) is 7.44. The molecule has 0 saturated carbocycles. The fraction of sp³-hybridized carbons (Fsp3) is 0.438. The zero-order chi connectivity index (χ0) is 15.9. The van der Waals surface area contributed by atoms with Gasteiger partial charge in [0.1, 0.15) is 0 Å². The Balaban J connectivity index is 2.31. The van der Waals surface area contributed by atoms with Gasteiger partial charge in [0.05, 0.1) is 18.1 Å². The van der Waals surface area contributed by atoms with Gasteiger partial charge in [-0.3, -0.25) is 9.59 Å². The Morgan fingerprint density at radius 1 is 1.14 bits per heavy atom. The maximum absolute atomic E-state index is 11.7. The van der Waals surface area contributed by atoms with Gasteiger partial charge >= 0.3 is 0 Å². The van der Waals surface area contributed by atoms with E-state index in [1.165, 1.54) is 0 Å². The molecule has 1 aromatic rings. The van der Waals surface area contributed by atoms with Crippen LogP contribution in [0.25, 0.3) is 0 Å². The minimum absolute atomic E-state index is 0.0822. The molecule has 0 heterocycles. The number of rotatable bonds is 5. The van der Waals surface area contributed by atoms with Gasteiger partial charge in [0.2, 0.25) is 11.8 Å².